The maximum absolute atomic E-state index is 13.2. The third-order valence-electron chi connectivity index (χ3n) is 10.3. The summed E-state index contributed by atoms with van der Waals surface area (Å²) in [4.78, 5) is 26.2. The summed E-state index contributed by atoms with van der Waals surface area (Å²) in [6, 6.07) is 0. The maximum Gasteiger partial charge on any atom is 0.159 e. The number of rotatable bonds is 5. The van der Waals surface area contributed by atoms with E-state index in [1.165, 1.54) is 0 Å². The summed E-state index contributed by atoms with van der Waals surface area (Å²) < 4.78 is 0. The van der Waals surface area contributed by atoms with Crippen molar-refractivity contribution in [2.45, 2.75) is 109 Å². The number of fused-ring (bicyclic) bond motifs is 5. The average molecular weight is 463 g/mol. The molecule has 9 atom stereocenters. The lowest BCUT2D eigenvalue weighted by molar-refractivity contribution is -0.154. The van der Waals surface area contributed by atoms with E-state index >= 15 is 0 Å². The van der Waals surface area contributed by atoms with Gasteiger partial charge >= 0.3 is 0 Å². The predicted molar refractivity (Wildman–Crippen MR) is 124 cm³/mol. The van der Waals surface area contributed by atoms with Gasteiger partial charge in [-0.15, -0.1) is 0 Å². The highest BCUT2D eigenvalue weighted by Crippen LogP contribution is 2.68. The van der Waals surface area contributed by atoms with Gasteiger partial charge in [0.2, 0.25) is 0 Å². The Morgan fingerprint density at radius 2 is 1.82 bits per heavy atom. The molecule has 3 saturated carbocycles. The molecule has 0 amide bonds. The largest absolute Gasteiger partial charge is 0.390 e. The molecule has 6 nitrogen and oxygen atoms in total. The molecule has 0 aromatic rings. The first-order valence-electron chi connectivity index (χ1n) is 12.7. The summed E-state index contributed by atoms with van der Waals surface area (Å²) in [7, 11) is 0. The molecule has 4 N–H and O–H groups in total. The van der Waals surface area contributed by atoms with Crippen LogP contribution in [0.1, 0.15) is 86.0 Å². The zero-order valence-electron chi connectivity index (χ0n) is 20.8. The third kappa shape index (κ3) is 3.76. The first-order valence-corrected chi connectivity index (χ1v) is 12.7. The fourth-order valence-corrected chi connectivity index (χ4v) is 8.09. The van der Waals surface area contributed by atoms with Gasteiger partial charge in [0.15, 0.2) is 5.78 Å². The lowest BCUT2D eigenvalue weighted by Gasteiger charge is -2.60. The van der Waals surface area contributed by atoms with Crippen LogP contribution in [0.2, 0.25) is 0 Å². The highest BCUT2D eigenvalue weighted by molar-refractivity contribution is 5.95. The van der Waals surface area contributed by atoms with E-state index in [1.807, 2.05) is 13.8 Å². The van der Waals surface area contributed by atoms with Crippen LogP contribution in [0.3, 0.4) is 0 Å². The van der Waals surface area contributed by atoms with Gasteiger partial charge in [-0.1, -0.05) is 20.8 Å². The number of aliphatic hydroxyl groups excluding tert-OH is 2. The number of ketones is 2. The normalized spacial score (nSPS) is 46.2. The fourth-order valence-electron chi connectivity index (χ4n) is 8.09. The molecule has 0 radical (unpaired) electrons. The van der Waals surface area contributed by atoms with Crippen molar-refractivity contribution >= 4 is 11.6 Å². The molecule has 4 aliphatic rings. The first-order chi connectivity index (χ1) is 15.1. The summed E-state index contributed by atoms with van der Waals surface area (Å²) in [5.74, 6) is -0.488. The highest BCUT2D eigenvalue weighted by atomic mass is 16.3. The van der Waals surface area contributed by atoms with E-state index in [2.05, 4.69) is 6.92 Å². The fraction of sp³-hybridized carbons (Fsp3) is 0.852. The van der Waals surface area contributed by atoms with Crippen LogP contribution in [-0.4, -0.2) is 55.4 Å². The van der Waals surface area contributed by atoms with Crippen LogP contribution in [0.5, 0.6) is 0 Å². The van der Waals surface area contributed by atoms with Crippen LogP contribution < -0.4 is 0 Å². The number of hydrogen-bond donors (Lipinski definition) is 4. The Balaban J connectivity index is 1.63. The van der Waals surface area contributed by atoms with Crippen molar-refractivity contribution in [3.05, 3.63) is 11.6 Å². The van der Waals surface area contributed by atoms with Gasteiger partial charge < -0.3 is 20.4 Å². The van der Waals surface area contributed by atoms with Crippen LogP contribution in [0.4, 0.5) is 0 Å². The van der Waals surface area contributed by atoms with E-state index in [4.69, 9.17) is 0 Å². The Morgan fingerprint density at radius 3 is 2.45 bits per heavy atom. The summed E-state index contributed by atoms with van der Waals surface area (Å²) in [5.41, 5.74) is -2.22. The van der Waals surface area contributed by atoms with Gasteiger partial charge in [0.25, 0.3) is 0 Å². The quantitative estimate of drug-likeness (QED) is 0.499. The second-order valence-electron chi connectivity index (χ2n) is 12.7. The molecular formula is C27H42O6. The number of allylic oxidation sites excluding steroid dienone is 1. The smallest absolute Gasteiger partial charge is 0.159 e. The first kappa shape index (κ1) is 25.0. The lowest BCUT2D eigenvalue weighted by Crippen LogP contribution is -2.61. The van der Waals surface area contributed by atoms with Gasteiger partial charge in [-0.2, -0.15) is 0 Å². The standard InChI is InChI=1S/C27H42O6/c1-15(20(28)8-9-24(2,3)32)16-7-11-27(33)18-12-21(29)19-13-22(30)23(31)14-25(19,4)17(18)6-10-26(16,27)5/h12,15-17,19,22-23,30-33H,6-11,13-14H2,1-5H3/t15-,16+,17-,19-,22+,23-,25+,26+,27+/m0/s1. The lowest BCUT2D eigenvalue weighted by atomic mass is 9.46. The average Bonchev–Trinajstić information content (AvgIpc) is 2.99. The number of carbonyl (C=O) groups excluding carboxylic acids is 2. The molecule has 3 fully saturated rings. The summed E-state index contributed by atoms with van der Waals surface area (Å²) in [6.45, 7) is 9.51. The van der Waals surface area contributed by atoms with E-state index in [0.717, 1.165) is 24.8 Å². The minimum absolute atomic E-state index is 0.0121. The summed E-state index contributed by atoms with van der Waals surface area (Å²) in [6.07, 6.45) is 4.08. The molecule has 6 heteroatoms. The SMILES string of the molecule is C[C@H](C(=O)CCC(C)(C)O)[C@H]1CC[C@@]2(O)C3=CC(=O)[C@@H]4C[C@@H](O)[C@@H](O)C[C@]4(C)[C@H]3CC[C@]12C. The molecule has 0 aromatic heterocycles. The van der Waals surface area contributed by atoms with Gasteiger partial charge in [-0.05, 0) is 87.7 Å². The van der Waals surface area contributed by atoms with Gasteiger partial charge in [0.1, 0.15) is 5.78 Å². The van der Waals surface area contributed by atoms with Crippen molar-refractivity contribution in [2.75, 3.05) is 0 Å². The van der Waals surface area contributed by atoms with Crippen molar-refractivity contribution in [3.63, 3.8) is 0 Å². The van der Waals surface area contributed by atoms with E-state index in [1.54, 1.807) is 19.9 Å². The second-order valence-corrected chi connectivity index (χ2v) is 12.7. The molecule has 0 heterocycles. The number of Topliss-reactive ketones (excluding diaryl/α,β-unsaturated/α-hetero) is 1. The van der Waals surface area contributed by atoms with E-state index < -0.39 is 34.2 Å². The molecular weight excluding hydrogens is 420 g/mol. The van der Waals surface area contributed by atoms with Crippen molar-refractivity contribution in [3.8, 4) is 0 Å². The molecule has 33 heavy (non-hydrogen) atoms. The topological polar surface area (TPSA) is 115 Å². The zero-order valence-corrected chi connectivity index (χ0v) is 20.8. The molecule has 0 aromatic carbocycles. The van der Waals surface area contributed by atoms with Crippen molar-refractivity contribution in [1.82, 2.24) is 0 Å². The Kier molecular flexibility index (Phi) is 6.05. The van der Waals surface area contributed by atoms with E-state index in [-0.39, 0.29) is 41.7 Å². The Labute approximate surface area is 197 Å². The van der Waals surface area contributed by atoms with Crippen molar-refractivity contribution in [1.29, 1.82) is 0 Å². The molecule has 4 aliphatic carbocycles. The van der Waals surface area contributed by atoms with E-state index in [0.29, 0.717) is 25.7 Å². The second kappa shape index (κ2) is 7.97. The molecule has 0 bridgehead atoms. The van der Waals surface area contributed by atoms with Crippen LogP contribution in [0.25, 0.3) is 0 Å². The Hall–Kier alpha value is -1.08. The van der Waals surface area contributed by atoms with E-state index in [9.17, 15) is 30.0 Å². The van der Waals surface area contributed by atoms with Gasteiger partial charge in [0.05, 0.1) is 23.4 Å². The van der Waals surface area contributed by atoms with Gasteiger partial charge in [-0.25, -0.2) is 0 Å². The number of carbonyl (C=O) groups is 2. The Morgan fingerprint density at radius 1 is 1.15 bits per heavy atom. The minimum Gasteiger partial charge on any atom is -0.390 e. The number of hydrogen-bond acceptors (Lipinski definition) is 6. The highest BCUT2D eigenvalue weighted by Gasteiger charge is 2.67. The minimum atomic E-state index is -1.14. The van der Waals surface area contributed by atoms with Crippen molar-refractivity contribution in [2.24, 2.45) is 34.5 Å². The third-order valence-corrected chi connectivity index (χ3v) is 10.3. The molecule has 186 valence electrons. The molecule has 0 spiro atoms. The Bertz CT molecular complexity index is 857. The zero-order chi connectivity index (χ0) is 24.6. The number of aliphatic hydroxyl groups is 4. The summed E-state index contributed by atoms with van der Waals surface area (Å²) in [5, 5.41) is 42.9. The monoisotopic (exact) mass is 462 g/mol. The van der Waals surface area contributed by atoms with Crippen molar-refractivity contribution < 1.29 is 30.0 Å². The van der Waals surface area contributed by atoms with Crippen LogP contribution in [-0.2, 0) is 9.59 Å². The molecule has 0 aliphatic heterocycles. The van der Waals surface area contributed by atoms with Gasteiger partial charge in [0, 0.05) is 23.7 Å². The molecule has 0 saturated heterocycles. The van der Waals surface area contributed by atoms with Gasteiger partial charge in [-0.3, -0.25) is 9.59 Å². The maximum atomic E-state index is 13.2. The molecule has 0 unspecified atom stereocenters. The summed E-state index contributed by atoms with van der Waals surface area (Å²) >= 11 is 0. The van der Waals surface area contributed by atoms with Crippen LogP contribution in [0.15, 0.2) is 11.6 Å². The predicted octanol–water partition coefficient (Wildman–Crippen LogP) is 2.95. The van der Waals surface area contributed by atoms with Crippen LogP contribution >= 0.6 is 0 Å². The molecule has 4 rings (SSSR count). The van der Waals surface area contributed by atoms with Crippen LogP contribution in [0, 0.1) is 34.5 Å².